The van der Waals surface area contributed by atoms with Crippen LogP contribution in [0.25, 0.3) is 5.69 Å². The van der Waals surface area contributed by atoms with Crippen molar-refractivity contribution < 1.29 is 4.79 Å². The Labute approximate surface area is 153 Å². The Bertz CT molecular complexity index is 954. The molecule has 5 nitrogen and oxygen atoms in total. The predicted molar refractivity (Wildman–Crippen MR) is 106 cm³/mol. The summed E-state index contributed by atoms with van der Waals surface area (Å²) in [5.74, 6) is -0.227. The summed E-state index contributed by atoms with van der Waals surface area (Å²) in [7, 11) is 0. The van der Waals surface area contributed by atoms with E-state index in [1.54, 1.807) is 0 Å². The second-order valence-corrected chi connectivity index (χ2v) is 6.22. The topological polar surface area (TPSA) is 72.4 Å². The molecular formula is C21H22N4O. The zero-order valence-corrected chi connectivity index (χ0v) is 15.2. The van der Waals surface area contributed by atoms with Gasteiger partial charge in [0.1, 0.15) is 0 Å². The molecule has 1 amide bonds. The van der Waals surface area contributed by atoms with Crippen molar-refractivity contribution >= 4 is 17.3 Å². The maximum absolute atomic E-state index is 12.6. The molecule has 1 aromatic heterocycles. The highest BCUT2D eigenvalue weighted by atomic mass is 16.2. The summed E-state index contributed by atoms with van der Waals surface area (Å²) in [6.07, 6.45) is 0. The van der Waals surface area contributed by atoms with Crippen LogP contribution in [-0.4, -0.2) is 16.2 Å². The third-order valence-electron chi connectivity index (χ3n) is 4.34. The first kappa shape index (κ1) is 17.5. The largest absolute Gasteiger partial charge is 0.399 e. The van der Waals surface area contributed by atoms with E-state index in [0.717, 1.165) is 28.4 Å². The number of nitrogens with two attached hydrogens (primary N) is 1. The van der Waals surface area contributed by atoms with E-state index in [1.165, 1.54) is 0 Å². The van der Waals surface area contributed by atoms with Crippen LogP contribution in [0.4, 0.5) is 5.69 Å². The fourth-order valence-corrected chi connectivity index (χ4v) is 2.95. The van der Waals surface area contributed by atoms with Gasteiger partial charge in [0.25, 0.3) is 5.91 Å². The third-order valence-corrected chi connectivity index (χ3v) is 4.34. The number of nitrogens with one attached hydrogen (secondary N) is 1. The first-order valence-electron chi connectivity index (χ1n) is 8.42. The van der Waals surface area contributed by atoms with Crippen LogP contribution < -0.4 is 11.2 Å². The highest BCUT2D eigenvalue weighted by Crippen LogP contribution is 2.20. The van der Waals surface area contributed by atoms with Crippen molar-refractivity contribution in [3.05, 3.63) is 83.2 Å². The zero-order chi connectivity index (χ0) is 18.7. The van der Waals surface area contributed by atoms with E-state index >= 15 is 0 Å². The predicted octanol–water partition coefficient (Wildman–Crippen LogP) is 3.83. The standard InChI is InChI=1S/C21H22N4O/c1-14-13-20(16(3)25(14)19-7-5-4-6-8-19)21(26)24-23-15(2)17-9-11-18(22)12-10-17/h4-13H,22H2,1-3H3,(H,24,26)/b23-15+. The Morgan fingerprint density at radius 2 is 1.69 bits per heavy atom. The first-order valence-corrected chi connectivity index (χ1v) is 8.42. The van der Waals surface area contributed by atoms with Gasteiger partial charge in [-0.1, -0.05) is 30.3 Å². The number of rotatable bonds is 4. The lowest BCUT2D eigenvalue weighted by Gasteiger charge is -2.09. The molecule has 3 rings (SSSR count). The van der Waals surface area contributed by atoms with E-state index in [0.29, 0.717) is 11.3 Å². The summed E-state index contributed by atoms with van der Waals surface area (Å²) < 4.78 is 2.06. The molecule has 2 aromatic carbocycles. The van der Waals surface area contributed by atoms with Gasteiger partial charge < -0.3 is 10.3 Å². The van der Waals surface area contributed by atoms with E-state index in [2.05, 4.69) is 15.1 Å². The Hall–Kier alpha value is -3.34. The zero-order valence-electron chi connectivity index (χ0n) is 15.2. The Morgan fingerprint density at radius 3 is 2.35 bits per heavy atom. The molecule has 1 heterocycles. The number of aromatic nitrogens is 1. The molecule has 0 atom stereocenters. The van der Waals surface area contributed by atoms with Gasteiger partial charge in [-0.2, -0.15) is 5.10 Å². The molecule has 0 radical (unpaired) electrons. The number of carbonyl (C=O) groups excluding carboxylic acids is 1. The molecule has 0 saturated carbocycles. The number of hydrogen-bond donors (Lipinski definition) is 2. The molecule has 0 unspecified atom stereocenters. The maximum Gasteiger partial charge on any atom is 0.273 e. The second kappa shape index (κ2) is 7.27. The van der Waals surface area contributed by atoms with Crippen LogP contribution in [0.1, 0.15) is 34.2 Å². The molecule has 0 bridgehead atoms. The fourth-order valence-electron chi connectivity index (χ4n) is 2.95. The maximum atomic E-state index is 12.6. The van der Waals surface area contributed by atoms with Crippen molar-refractivity contribution in [3.63, 3.8) is 0 Å². The molecule has 0 spiro atoms. The number of hydrazone groups is 1. The van der Waals surface area contributed by atoms with Gasteiger partial charge in [-0.25, -0.2) is 5.43 Å². The molecule has 3 N–H and O–H groups in total. The summed E-state index contributed by atoms with van der Waals surface area (Å²) in [5.41, 5.74) is 14.2. The molecule has 5 heteroatoms. The van der Waals surface area contributed by atoms with Gasteiger partial charge in [0.15, 0.2) is 0 Å². The molecule has 0 aliphatic carbocycles. The molecule has 0 aliphatic heterocycles. The molecule has 0 fully saturated rings. The Balaban J connectivity index is 1.83. The second-order valence-electron chi connectivity index (χ2n) is 6.22. The molecule has 3 aromatic rings. The van der Waals surface area contributed by atoms with Gasteiger partial charge in [0.05, 0.1) is 11.3 Å². The Morgan fingerprint density at radius 1 is 1.04 bits per heavy atom. The van der Waals surface area contributed by atoms with E-state index in [-0.39, 0.29) is 5.91 Å². The molecular weight excluding hydrogens is 324 g/mol. The van der Waals surface area contributed by atoms with Gasteiger partial charge in [-0.05, 0) is 56.7 Å². The molecule has 0 aliphatic rings. The van der Waals surface area contributed by atoms with Crippen LogP contribution >= 0.6 is 0 Å². The lowest BCUT2D eigenvalue weighted by Crippen LogP contribution is -2.20. The monoisotopic (exact) mass is 346 g/mol. The summed E-state index contributed by atoms with van der Waals surface area (Å²) in [6, 6.07) is 19.2. The van der Waals surface area contributed by atoms with Crippen LogP contribution in [0.15, 0.2) is 65.8 Å². The number of para-hydroxylation sites is 1. The minimum Gasteiger partial charge on any atom is -0.399 e. The van der Waals surface area contributed by atoms with Crippen LogP contribution in [0.5, 0.6) is 0 Å². The normalized spacial score (nSPS) is 11.4. The number of hydrogen-bond acceptors (Lipinski definition) is 3. The number of nitrogens with zero attached hydrogens (tertiary/aromatic N) is 2. The van der Waals surface area contributed by atoms with Gasteiger partial charge in [-0.3, -0.25) is 4.79 Å². The minimum absolute atomic E-state index is 0.227. The SMILES string of the molecule is C/C(=N\NC(=O)c1cc(C)n(-c2ccccc2)c1C)c1ccc(N)cc1. The van der Waals surface area contributed by atoms with Crippen molar-refractivity contribution in [1.82, 2.24) is 9.99 Å². The highest BCUT2D eigenvalue weighted by molar-refractivity contribution is 6.01. The van der Waals surface area contributed by atoms with Gasteiger partial charge in [0, 0.05) is 22.8 Å². The lowest BCUT2D eigenvalue weighted by molar-refractivity contribution is 0.0954. The summed E-state index contributed by atoms with van der Waals surface area (Å²) in [4.78, 5) is 12.6. The van der Waals surface area contributed by atoms with Crippen molar-refractivity contribution in [2.45, 2.75) is 20.8 Å². The van der Waals surface area contributed by atoms with E-state index < -0.39 is 0 Å². The van der Waals surface area contributed by atoms with Crippen LogP contribution in [0.2, 0.25) is 0 Å². The van der Waals surface area contributed by atoms with Crippen molar-refractivity contribution in [2.75, 3.05) is 5.73 Å². The van der Waals surface area contributed by atoms with E-state index in [1.807, 2.05) is 81.4 Å². The average Bonchev–Trinajstić information content (AvgIpc) is 2.95. The number of benzene rings is 2. The molecule has 132 valence electrons. The first-order chi connectivity index (χ1) is 12.5. The lowest BCUT2D eigenvalue weighted by atomic mass is 10.1. The highest BCUT2D eigenvalue weighted by Gasteiger charge is 2.16. The van der Waals surface area contributed by atoms with Crippen molar-refractivity contribution in [2.24, 2.45) is 5.10 Å². The summed E-state index contributed by atoms with van der Waals surface area (Å²) in [5, 5.41) is 4.22. The van der Waals surface area contributed by atoms with Crippen molar-refractivity contribution in [3.8, 4) is 5.69 Å². The van der Waals surface area contributed by atoms with Gasteiger partial charge >= 0.3 is 0 Å². The minimum atomic E-state index is -0.227. The van der Waals surface area contributed by atoms with E-state index in [4.69, 9.17) is 5.73 Å². The number of amides is 1. The number of aryl methyl sites for hydroxylation is 1. The number of anilines is 1. The van der Waals surface area contributed by atoms with Crippen molar-refractivity contribution in [1.29, 1.82) is 0 Å². The quantitative estimate of drug-likeness (QED) is 0.428. The van der Waals surface area contributed by atoms with E-state index in [9.17, 15) is 4.79 Å². The Kier molecular flexibility index (Phi) is 4.89. The third kappa shape index (κ3) is 3.52. The summed E-state index contributed by atoms with van der Waals surface area (Å²) >= 11 is 0. The van der Waals surface area contributed by atoms with Crippen LogP contribution in [-0.2, 0) is 0 Å². The van der Waals surface area contributed by atoms with Crippen LogP contribution in [0.3, 0.4) is 0 Å². The molecule has 26 heavy (non-hydrogen) atoms. The number of carbonyl (C=O) groups is 1. The molecule has 0 saturated heterocycles. The number of nitrogen functional groups attached to an aromatic ring is 1. The summed E-state index contributed by atoms with van der Waals surface area (Å²) in [6.45, 7) is 5.77. The van der Waals surface area contributed by atoms with Crippen LogP contribution in [0, 0.1) is 13.8 Å². The van der Waals surface area contributed by atoms with Gasteiger partial charge in [-0.15, -0.1) is 0 Å². The van der Waals surface area contributed by atoms with Gasteiger partial charge in [0.2, 0.25) is 0 Å². The average molecular weight is 346 g/mol. The smallest absolute Gasteiger partial charge is 0.273 e. The fraction of sp³-hybridized carbons (Fsp3) is 0.143.